The number of nitrogens with one attached hydrogen (secondary N) is 1. The summed E-state index contributed by atoms with van der Waals surface area (Å²) in [6, 6.07) is 6.34. The number of benzene rings is 1. The molecule has 1 saturated heterocycles. The summed E-state index contributed by atoms with van der Waals surface area (Å²) in [7, 11) is 0. The zero-order valence-electron chi connectivity index (χ0n) is 18.1. The number of fused-ring (bicyclic) bond motifs is 1. The van der Waals surface area contributed by atoms with Crippen molar-refractivity contribution >= 4 is 5.95 Å². The van der Waals surface area contributed by atoms with E-state index in [2.05, 4.69) is 17.2 Å². The zero-order chi connectivity index (χ0) is 21.0. The normalized spacial score (nSPS) is 25.6. The van der Waals surface area contributed by atoms with Crippen LogP contribution in [0, 0.1) is 5.92 Å². The molecular formula is C24H31N3O4. The van der Waals surface area contributed by atoms with Crippen molar-refractivity contribution in [2.45, 2.75) is 57.6 Å². The maximum absolute atomic E-state index is 6.34. The van der Waals surface area contributed by atoms with Crippen molar-refractivity contribution in [3.63, 3.8) is 0 Å². The Morgan fingerprint density at radius 2 is 1.84 bits per heavy atom. The van der Waals surface area contributed by atoms with E-state index in [1.54, 1.807) is 0 Å². The Kier molecular flexibility index (Phi) is 6.11. The molecule has 1 aromatic carbocycles. The number of rotatable bonds is 5. The molecule has 3 heterocycles. The van der Waals surface area contributed by atoms with Gasteiger partial charge in [0.1, 0.15) is 19.3 Å². The van der Waals surface area contributed by atoms with Gasteiger partial charge in [0.2, 0.25) is 11.8 Å². The molecule has 2 fully saturated rings. The topological polar surface area (TPSA) is 74.7 Å². The van der Waals surface area contributed by atoms with E-state index in [9.17, 15) is 0 Å². The van der Waals surface area contributed by atoms with Crippen LogP contribution in [0.5, 0.6) is 17.4 Å². The van der Waals surface area contributed by atoms with Gasteiger partial charge in [0.15, 0.2) is 11.5 Å². The highest BCUT2D eigenvalue weighted by molar-refractivity contribution is 5.71. The Morgan fingerprint density at radius 1 is 1.00 bits per heavy atom. The number of anilines is 1. The Balaban J connectivity index is 1.42. The second-order valence-electron chi connectivity index (χ2n) is 8.83. The first kappa shape index (κ1) is 20.4. The van der Waals surface area contributed by atoms with Crippen LogP contribution in [-0.4, -0.2) is 48.5 Å². The summed E-state index contributed by atoms with van der Waals surface area (Å²) in [6.45, 7) is 4.84. The Bertz CT molecular complexity index is 892. The third-order valence-corrected chi connectivity index (χ3v) is 6.35. The molecule has 1 N–H and O–H groups in total. The summed E-state index contributed by atoms with van der Waals surface area (Å²) in [5.74, 6) is 3.54. The Labute approximate surface area is 183 Å². The predicted octanol–water partition coefficient (Wildman–Crippen LogP) is 4.46. The fraction of sp³-hybridized carbons (Fsp3) is 0.583. The molecule has 7 nitrogen and oxygen atoms in total. The lowest BCUT2D eigenvalue weighted by Gasteiger charge is -2.27. The molecule has 1 aliphatic carbocycles. The van der Waals surface area contributed by atoms with Gasteiger partial charge in [-0.3, -0.25) is 0 Å². The molecule has 2 aromatic rings. The summed E-state index contributed by atoms with van der Waals surface area (Å²) in [4.78, 5) is 9.42. The Hall–Kier alpha value is -2.54. The van der Waals surface area contributed by atoms with Crippen LogP contribution in [-0.2, 0) is 4.74 Å². The molecule has 166 valence electrons. The van der Waals surface area contributed by atoms with Gasteiger partial charge in [-0.05, 0) is 62.1 Å². The molecule has 1 saturated carbocycles. The van der Waals surface area contributed by atoms with E-state index in [0.717, 1.165) is 60.8 Å². The van der Waals surface area contributed by atoms with Crippen molar-refractivity contribution in [3.05, 3.63) is 24.4 Å². The quantitative estimate of drug-likeness (QED) is 0.758. The summed E-state index contributed by atoms with van der Waals surface area (Å²) < 4.78 is 23.4. The highest BCUT2D eigenvalue weighted by atomic mass is 16.6. The standard InChI is InChI=1S/C24H31N3O4/c1-16-4-7-18(8-5-16)26-24-25-14-20(23(27-24)31-19-3-2-10-28-15-19)17-6-9-21-22(13-17)30-12-11-29-21/h6,9,13-14,16,18-19H,2-5,7-8,10-12,15H2,1H3,(H,25,26,27). The van der Waals surface area contributed by atoms with Crippen molar-refractivity contribution in [2.24, 2.45) is 5.92 Å². The summed E-state index contributed by atoms with van der Waals surface area (Å²) in [5.41, 5.74) is 1.80. The minimum atomic E-state index is 0.00277. The predicted molar refractivity (Wildman–Crippen MR) is 118 cm³/mol. The minimum Gasteiger partial charge on any atom is -0.486 e. The molecule has 5 rings (SSSR count). The number of aromatic nitrogens is 2. The van der Waals surface area contributed by atoms with Gasteiger partial charge in [0, 0.05) is 18.8 Å². The first-order valence-corrected chi connectivity index (χ1v) is 11.5. The molecule has 1 aromatic heterocycles. The summed E-state index contributed by atoms with van der Waals surface area (Å²) >= 11 is 0. The molecule has 2 aliphatic heterocycles. The molecule has 1 atom stereocenters. The molecule has 0 amide bonds. The van der Waals surface area contributed by atoms with E-state index < -0.39 is 0 Å². The highest BCUT2D eigenvalue weighted by Gasteiger charge is 2.23. The number of nitrogens with zero attached hydrogens (tertiary/aromatic N) is 2. The van der Waals surface area contributed by atoms with Crippen LogP contribution in [0.1, 0.15) is 45.4 Å². The number of ether oxygens (including phenoxy) is 4. The molecule has 0 bridgehead atoms. The molecular weight excluding hydrogens is 394 g/mol. The van der Waals surface area contributed by atoms with Crippen molar-refractivity contribution in [2.75, 3.05) is 31.7 Å². The van der Waals surface area contributed by atoms with Crippen LogP contribution in [0.4, 0.5) is 5.95 Å². The van der Waals surface area contributed by atoms with Crippen LogP contribution in [0.3, 0.4) is 0 Å². The van der Waals surface area contributed by atoms with Gasteiger partial charge in [0.25, 0.3) is 0 Å². The molecule has 0 spiro atoms. The average molecular weight is 426 g/mol. The third-order valence-electron chi connectivity index (χ3n) is 6.35. The van der Waals surface area contributed by atoms with Gasteiger partial charge in [-0.15, -0.1) is 0 Å². The monoisotopic (exact) mass is 425 g/mol. The van der Waals surface area contributed by atoms with E-state index >= 15 is 0 Å². The first-order chi connectivity index (χ1) is 15.2. The van der Waals surface area contributed by atoms with Crippen molar-refractivity contribution in [1.29, 1.82) is 0 Å². The average Bonchev–Trinajstić information content (AvgIpc) is 2.81. The maximum Gasteiger partial charge on any atom is 0.226 e. The summed E-state index contributed by atoms with van der Waals surface area (Å²) in [5, 5.41) is 3.53. The minimum absolute atomic E-state index is 0.00277. The first-order valence-electron chi connectivity index (χ1n) is 11.5. The Morgan fingerprint density at radius 3 is 2.65 bits per heavy atom. The lowest BCUT2D eigenvalue weighted by atomic mass is 9.87. The number of hydrogen-bond acceptors (Lipinski definition) is 7. The van der Waals surface area contributed by atoms with E-state index in [4.69, 9.17) is 23.9 Å². The van der Waals surface area contributed by atoms with Crippen molar-refractivity contribution in [1.82, 2.24) is 9.97 Å². The van der Waals surface area contributed by atoms with Gasteiger partial charge in [0.05, 0.1) is 12.2 Å². The van der Waals surface area contributed by atoms with Crippen LogP contribution in [0.2, 0.25) is 0 Å². The molecule has 3 aliphatic rings. The maximum atomic E-state index is 6.34. The summed E-state index contributed by atoms with van der Waals surface area (Å²) in [6.07, 6.45) is 8.62. The molecule has 0 radical (unpaired) electrons. The second kappa shape index (κ2) is 9.30. The lowest BCUT2D eigenvalue weighted by molar-refractivity contribution is 0.00578. The van der Waals surface area contributed by atoms with Crippen LogP contribution >= 0.6 is 0 Å². The van der Waals surface area contributed by atoms with E-state index in [1.165, 1.54) is 12.8 Å². The second-order valence-corrected chi connectivity index (χ2v) is 8.83. The smallest absolute Gasteiger partial charge is 0.226 e. The van der Waals surface area contributed by atoms with Gasteiger partial charge in [-0.2, -0.15) is 4.98 Å². The highest BCUT2D eigenvalue weighted by Crippen LogP contribution is 2.38. The SMILES string of the molecule is CC1CCC(Nc2ncc(-c3ccc4c(c3)OCCO4)c(OC3CCCOC3)n2)CC1. The fourth-order valence-electron chi connectivity index (χ4n) is 4.48. The number of hydrogen-bond donors (Lipinski definition) is 1. The van der Waals surface area contributed by atoms with E-state index in [0.29, 0.717) is 37.7 Å². The molecule has 7 heteroatoms. The van der Waals surface area contributed by atoms with Crippen molar-refractivity contribution < 1.29 is 18.9 Å². The van der Waals surface area contributed by atoms with Crippen LogP contribution in [0.25, 0.3) is 11.1 Å². The van der Waals surface area contributed by atoms with Crippen LogP contribution in [0.15, 0.2) is 24.4 Å². The van der Waals surface area contributed by atoms with E-state index in [1.807, 2.05) is 24.4 Å². The van der Waals surface area contributed by atoms with Gasteiger partial charge < -0.3 is 24.3 Å². The van der Waals surface area contributed by atoms with Crippen molar-refractivity contribution in [3.8, 4) is 28.5 Å². The van der Waals surface area contributed by atoms with Gasteiger partial charge in [-0.1, -0.05) is 13.0 Å². The molecule has 31 heavy (non-hydrogen) atoms. The zero-order valence-corrected chi connectivity index (χ0v) is 18.1. The van der Waals surface area contributed by atoms with Gasteiger partial charge in [-0.25, -0.2) is 4.98 Å². The third kappa shape index (κ3) is 4.87. The van der Waals surface area contributed by atoms with Crippen LogP contribution < -0.4 is 19.5 Å². The lowest BCUT2D eigenvalue weighted by Crippen LogP contribution is -2.29. The van der Waals surface area contributed by atoms with E-state index in [-0.39, 0.29) is 6.10 Å². The van der Waals surface area contributed by atoms with Gasteiger partial charge >= 0.3 is 0 Å². The molecule has 1 unspecified atom stereocenters. The fourth-order valence-corrected chi connectivity index (χ4v) is 4.48. The largest absolute Gasteiger partial charge is 0.486 e.